The van der Waals surface area contributed by atoms with Crippen molar-refractivity contribution in [1.82, 2.24) is 14.7 Å². The van der Waals surface area contributed by atoms with E-state index in [0.717, 1.165) is 44.6 Å². The van der Waals surface area contributed by atoms with Crippen molar-refractivity contribution in [2.24, 2.45) is 0 Å². The third-order valence-electron chi connectivity index (χ3n) is 5.12. The van der Waals surface area contributed by atoms with E-state index in [9.17, 15) is 9.59 Å². The summed E-state index contributed by atoms with van der Waals surface area (Å²) in [7, 11) is 0. The number of likely N-dealkylation sites (tertiary alicyclic amines) is 1. The van der Waals surface area contributed by atoms with Crippen LogP contribution in [0.5, 0.6) is 0 Å². The molecule has 5 heteroatoms. The molecule has 0 unspecified atom stereocenters. The molecule has 0 N–H and O–H groups in total. The Morgan fingerprint density at radius 2 is 1.71 bits per heavy atom. The number of piperazine rings is 1. The molecular formula is C19H27N3O2. The Morgan fingerprint density at radius 3 is 2.38 bits per heavy atom. The predicted molar refractivity (Wildman–Crippen MR) is 93.4 cm³/mol. The summed E-state index contributed by atoms with van der Waals surface area (Å²) in [5, 5.41) is 0. The summed E-state index contributed by atoms with van der Waals surface area (Å²) in [4.78, 5) is 30.6. The summed E-state index contributed by atoms with van der Waals surface area (Å²) in [5.41, 5.74) is 1.14. The Hall–Kier alpha value is -1.88. The highest BCUT2D eigenvalue weighted by Crippen LogP contribution is 2.25. The molecule has 2 heterocycles. The summed E-state index contributed by atoms with van der Waals surface area (Å²) in [6, 6.07) is 10.2. The molecule has 0 aliphatic carbocycles. The van der Waals surface area contributed by atoms with Gasteiger partial charge in [0, 0.05) is 39.6 Å². The molecule has 130 valence electrons. The lowest BCUT2D eigenvalue weighted by Gasteiger charge is -2.41. The molecule has 0 aromatic heterocycles. The van der Waals surface area contributed by atoms with Crippen LogP contribution in [0.2, 0.25) is 0 Å². The number of benzene rings is 1. The largest absolute Gasteiger partial charge is 0.342 e. The van der Waals surface area contributed by atoms with Crippen LogP contribution in [-0.2, 0) is 9.59 Å². The Labute approximate surface area is 144 Å². The number of hydrogen-bond donors (Lipinski definition) is 0. The number of amides is 2. The van der Waals surface area contributed by atoms with Crippen molar-refractivity contribution in [1.29, 1.82) is 0 Å². The molecule has 0 saturated carbocycles. The van der Waals surface area contributed by atoms with E-state index in [0.29, 0.717) is 13.1 Å². The zero-order chi connectivity index (χ0) is 16.9. The van der Waals surface area contributed by atoms with E-state index in [2.05, 4.69) is 17.0 Å². The molecule has 2 saturated heterocycles. The lowest BCUT2D eigenvalue weighted by Crippen LogP contribution is -2.53. The summed E-state index contributed by atoms with van der Waals surface area (Å²) in [5.74, 6) is 0.337. The molecule has 2 aliphatic heterocycles. The van der Waals surface area contributed by atoms with Gasteiger partial charge in [0.1, 0.15) is 0 Å². The van der Waals surface area contributed by atoms with Gasteiger partial charge in [0.2, 0.25) is 11.8 Å². The molecule has 24 heavy (non-hydrogen) atoms. The van der Waals surface area contributed by atoms with Crippen molar-refractivity contribution in [3.63, 3.8) is 0 Å². The van der Waals surface area contributed by atoms with Crippen LogP contribution >= 0.6 is 0 Å². The van der Waals surface area contributed by atoms with Gasteiger partial charge in [-0.15, -0.1) is 0 Å². The normalized spacial score (nSPS) is 22.5. The van der Waals surface area contributed by atoms with Crippen LogP contribution in [0.1, 0.15) is 37.8 Å². The standard InChI is InChI=1S/C19H27N3O2/c1-16(23)22-13-12-20(14-18(22)17-8-4-2-5-9-17)15-19(24)21-10-6-3-7-11-21/h2,4-5,8-9,18H,3,6-7,10-15H2,1H3/t18-/m1/s1. The van der Waals surface area contributed by atoms with E-state index in [1.807, 2.05) is 28.0 Å². The lowest BCUT2D eigenvalue weighted by atomic mass is 10.0. The van der Waals surface area contributed by atoms with E-state index in [1.54, 1.807) is 6.92 Å². The average molecular weight is 329 g/mol. The predicted octanol–water partition coefficient (Wildman–Crippen LogP) is 1.90. The topological polar surface area (TPSA) is 43.9 Å². The zero-order valence-corrected chi connectivity index (χ0v) is 14.5. The molecule has 2 amide bonds. The Morgan fingerprint density at radius 1 is 1.00 bits per heavy atom. The smallest absolute Gasteiger partial charge is 0.236 e. The molecule has 0 spiro atoms. The summed E-state index contributed by atoms with van der Waals surface area (Å²) < 4.78 is 0. The molecule has 3 rings (SSSR count). The lowest BCUT2D eigenvalue weighted by molar-refractivity contribution is -0.137. The van der Waals surface area contributed by atoms with E-state index in [-0.39, 0.29) is 17.9 Å². The first kappa shape index (κ1) is 17.0. The maximum atomic E-state index is 12.5. The highest BCUT2D eigenvalue weighted by molar-refractivity contribution is 5.78. The first-order valence-electron chi connectivity index (χ1n) is 8.97. The van der Waals surface area contributed by atoms with Gasteiger partial charge >= 0.3 is 0 Å². The summed E-state index contributed by atoms with van der Waals surface area (Å²) >= 11 is 0. The maximum Gasteiger partial charge on any atom is 0.236 e. The Balaban J connectivity index is 1.66. The van der Waals surface area contributed by atoms with Crippen molar-refractivity contribution in [3.8, 4) is 0 Å². The fourth-order valence-corrected chi connectivity index (χ4v) is 3.76. The monoisotopic (exact) mass is 329 g/mol. The second kappa shape index (κ2) is 7.79. The van der Waals surface area contributed by atoms with Crippen molar-refractivity contribution in [3.05, 3.63) is 35.9 Å². The van der Waals surface area contributed by atoms with Gasteiger partial charge in [0.15, 0.2) is 0 Å². The van der Waals surface area contributed by atoms with Crippen molar-refractivity contribution in [2.75, 3.05) is 39.3 Å². The van der Waals surface area contributed by atoms with Crippen LogP contribution in [-0.4, -0.2) is 65.8 Å². The Kier molecular flexibility index (Phi) is 5.51. The van der Waals surface area contributed by atoms with Crippen molar-refractivity contribution < 1.29 is 9.59 Å². The van der Waals surface area contributed by atoms with E-state index in [1.165, 1.54) is 6.42 Å². The fraction of sp³-hybridized carbons (Fsp3) is 0.579. The molecular weight excluding hydrogens is 302 g/mol. The summed E-state index contributed by atoms with van der Waals surface area (Å²) in [6.07, 6.45) is 3.48. The van der Waals surface area contributed by atoms with Gasteiger partial charge in [-0.2, -0.15) is 0 Å². The zero-order valence-electron chi connectivity index (χ0n) is 14.5. The van der Waals surface area contributed by atoms with Crippen LogP contribution in [0.4, 0.5) is 0 Å². The number of piperidine rings is 1. The van der Waals surface area contributed by atoms with Crippen molar-refractivity contribution >= 4 is 11.8 Å². The molecule has 1 atom stereocenters. The molecule has 2 aliphatic rings. The van der Waals surface area contributed by atoms with Gasteiger partial charge in [-0.1, -0.05) is 30.3 Å². The molecule has 0 bridgehead atoms. The Bertz CT molecular complexity index is 569. The van der Waals surface area contributed by atoms with Gasteiger partial charge < -0.3 is 9.80 Å². The number of hydrogen-bond acceptors (Lipinski definition) is 3. The minimum atomic E-state index is 0.0339. The van der Waals surface area contributed by atoms with Crippen LogP contribution in [0, 0.1) is 0 Å². The van der Waals surface area contributed by atoms with Gasteiger partial charge in [-0.3, -0.25) is 14.5 Å². The molecule has 5 nitrogen and oxygen atoms in total. The highest BCUT2D eigenvalue weighted by Gasteiger charge is 2.31. The number of carbonyl (C=O) groups excluding carboxylic acids is 2. The molecule has 1 aromatic carbocycles. The van der Waals surface area contributed by atoms with Gasteiger partial charge in [-0.25, -0.2) is 0 Å². The minimum Gasteiger partial charge on any atom is -0.342 e. The van der Waals surface area contributed by atoms with Gasteiger partial charge in [-0.05, 0) is 24.8 Å². The van der Waals surface area contributed by atoms with E-state index >= 15 is 0 Å². The number of rotatable bonds is 3. The molecule has 0 radical (unpaired) electrons. The fourth-order valence-electron chi connectivity index (χ4n) is 3.76. The van der Waals surface area contributed by atoms with Crippen LogP contribution in [0.25, 0.3) is 0 Å². The number of carbonyl (C=O) groups is 2. The SMILES string of the molecule is CC(=O)N1CCN(CC(=O)N2CCCCC2)C[C@@H]1c1ccccc1. The maximum absolute atomic E-state index is 12.5. The molecule has 1 aromatic rings. The first-order chi connectivity index (χ1) is 11.6. The van der Waals surface area contributed by atoms with Crippen LogP contribution in [0.3, 0.4) is 0 Å². The quantitative estimate of drug-likeness (QED) is 0.851. The van der Waals surface area contributed by atoms with Gasteiger partial charge in [0.25, 0.3) is 0 Å². The summed E-state index contributed by atoms with van der Waals surface area (Å²) in [6.45, 7) is 6.07. The van der Waals surface area contributed by atoms with Crippen molar-refractivity contribution in [2.45, 2.75) is 32.2 Å². The molecule has 2 fully saturated rings. The third kappa shape index (κ3) is 3.96. The van der Waals surface area contributed by atoms with Crippen LogP contribution < -0.4 is 0 Å². The average Bonchev–Trinajstić information content (AvgIpc) is 2.63. The second-order valence-electron chi connectivity index (χ2n) is 6.82. The van der Waals surface area contributed by atoms with Gasteiger partial charge in [0.05, 0.1) is 12.6 Å². The highest BCUT2D eigenvalue weighted by atomic mass is 16.2. The van der Waals surface area contributed by atoms with E-state index in [4.69, 9.17) is 0 Å². The van der Waals surface area contributed by atoms with Crippen LogP contribution in [0.15, 0.2) is 30.3 Å². The third-order valence-corrected chi connectivity index (χ3v) is 5.12. The number of nitrogens with zero attached hydrogens (tertiary/aromatic N) is 3. The first-order valence-corrected chi connectivity index (χ1v) is 8.97. The van der Waals surface area contributed by atoms with E-state index < -0.39 is 0 Å². The second-order valence-corrected chi connectivity index (χ2v) is 6.82. The minimum absolute atomic E-state index is 0.0339.